The van der Waals surface area contributed by atoms with Gasteiger partial charge in [0.1, 0.15) is 11.0 Å². The van der Waals surface area contributed by atoms with Crippen molar-refractivity contribution < 1.29 is 4.92 Å². The average Bonchev–Trinajstić information content (AvgIpc) is 3.03. The van der Waals surface area contributed by atoms with Gasteiger partial charge in [-0.25, -0.2) is 0 Å². The van der Waals surface area contributed by atoms with Crippen LogP contribution in [0.1, 0.15) is 4.88 Å². The van der Waals surface area contributed by atoms with Gasteiger partial charge in [-0.1, -0.05) is 23.5 Å². The molecule has 0 bridgehead atoms. The fourth-order valence-electron chi connectivity index (χ4n) is 1.56. The number of para-hydroxylation sites is 1. The lowest BCUT2D eigenvalue weighted by Crippen LogP contribution is -1.91. The predicted octanol–water partition coefficient (Wildman–Crippen LogP) is 2.28. The van der Waals surface area contributed by atoms with Crippen LogP contribution in [-0.2, 0) is 0 Å². The van der Waals surface area contributed by atoms with E-state index in [-0.39, 0.29) is 5.00 Å². The second kappa shape index (κ2) is 4.58. The normalized spacial score (nSPS) is 11.4. The van der Waals surface area contributed by atoms with Crippen LogP contribution in [0.5, 0.6) is 0 Å². The maximum Gasteiger partial charge on any atom is 0.324 e. The van der Waals surface area contributed by atoms with E-state index in [1.54, 1.807) is 6.07 Å². The number of hydrogen-bond acceptors (Lipinski definition) is 6. The van der Waals surface area contributed by atoms with Crippen molar-refractivity contribution in [3.63, 3.8) is 0 Å². The highest BCUT2D eigenvalue weighted by molar-refractivity contribution is 7.16. The minimum absolute atomic E-state index is 0.0879. The van der Waals surface area contributed by atoms with Gasteiger partial charge in [-0.05, 0) is 23.4 Å². The second-order valence-corrected chi connectivity index (χ2v) is 4.74. The van der Waals surface area contributed by atoms with Gasteiger partial charge in [0.15, 0.2) is 0 Å². The van der Waals surface area contributed by atoms with Crippen LogP contribution < -0.4 is 0 Å². The molecule has 0 amide bonds. The first-order valence-electron chi connectivity index (χ1n) is 5.33. The summed E-state index contributed by atoms with van der Waals surface area (Å²) in [6.07, 6.45) is 1.53. The summed E-state index contributed by atoms with van der Waals surface area (Å²) in [5.41, 5.74) is 1.53. The third kappa shape index (κ3) is 2.20. The first-order valence-corrected chi connectivity index (χ1v) is 6.15. The molecule has 94 valence electrons. The summed E-state index contributed by atoms with van der Waals surface area (Å²) in [5.74, 6) is 0. The molecule has 1 aromatic carbocycles. The number of nitrogens with zero attached hydrogens (tertiary/aromatic N) is 5. The molecule has 0 N–H and O–H groups in total. The average molecular weight is 273 g/mol. The third-order valence-corrected chi connectivity index (χ3v) is 3.39. The van der Waals surface area contributed by atoms with Crippen molar-refractivity contribution in [2.75, 3.05) is 0 Å². The summed E-state index contributed by atoms with van der Waals surface area (Å²) in [4.78, 5) is 12.2. The zero-order valence-electron chi connectivity index (χ0n) is 9.50. The molecule has 19 heavy (non-hydrogen) atoms. The van der Waals surface area contributed by atoms with Crippen LogP contribution in [0.2, 0.25) is 0 Å². The predicted molar refractivity (Wildman–Crippen MR) is 71.5 cm³/mol. The van der Waals surface area contributed by atoms with Crippen molar-refractivity contribution in [1.29, 1.82) is 0 Å². The molecule has 2 aromatic heterocycles. The second-order valence-electron chi connectivity index (χ2n) is 3.65. The molecule has 0 radical (unpaired) electrons. The summed E-state index contributed by atoms with van der Waals surface area (Å²) in [7, 11) is 0. The van der Waals surface area contributed by atoms with E-state index in [0.717, 1.165) is 22.4 Å². The Morgan fingerprint density at radius 1 is 1.32 bits per heavy atom. The minimum Gasteiger partial charge on any atom is -0.258 e. The quantitative estimate of drug-likeness (QED) is 0.416. The van der Waals surface area contributed by atoms with Crippen molar-refractivity contribution in [1.82, 2.24) is 15.1 Å². The first kappa shape index (κ1) is 11.5. The van der Waals surface area contributed by atoms with Crippen molar-refractivity contribution in [3.05, 3.63) is 51.4 Å². The lowest BCUT2D eigenvalue weighted by molar-refractivity contribution is -0.380. The number of aromatic nitrogens is 3. The van der Waals surface area contributed by atoms with Crippen LogP contribution in [-0.4, -0.2) is 26.2 Å². The van der Waals surface area contributed by atoms with E-state index in [1.807, 2.05) is 24.3 Å². The summed E-state index contributed by atoms with van der Waals surface area (Å²) >= 11 is 1.06. The molecule has 7 nitrogen and oxygen atoms in total. The standard InChI is InChI=1S/C11H7N5O2S/c17-16(18)11-6-5-8(19-11)7-12-15-10-4-2-1-3-9(10)13-14-15/h1-7H/b12-7+. The monoisotopic (exact) mass is 273 g/mol. The number of fused-ring (bicyclic) bond motifs is 1. The van der Waals surface area contributed by atoms with Crippen molar-refractivity contribution in [2.45, 2.75) is 0 Å². The Kier molecular flexibility index (Phi) is 2.76. The van der Waals surface area contributed by atoms with E-state index in [2.05, 4.69) is 15.4 Å². The van der Waals surface area contributed by atoms with Gasteiger partial charge in [0.25, 0.3) is 0 Å². The molecule has 8 heteroatoms. The zero-order chi connectivity index (χ0) is 13.2. The van der Waals surface area contributed by atoms with Gasteiger partial charge in [-0.15, -0.1) is 9.89 Å². The molecule has 0 unspecified atom stereocenters. The maximum absolute atomic E-state index is 10.6. The van der Waals surface area contributed by atoms with E-state index < -0.39 is 4.92 Å². The van der Waals surface area contributed by atoms with Gasteiger partial charge < -0.3 is 0 Å². The summed E-state index contributed by atoms with van der Waals surface area (Å²) in [5, 5.41) is 22.6. The Balaban J connectivity index is 1.91. The van der Waals surface area contributed by atoms with Gasteiger partial charge in [-0.2, -0.15) is 5.10 Å². The molecule has 0 saturated carbocycles. The van der Waals surface area contributed by atoms with E-state index in [1.165, 1.54) is 17.1 Å². The topological polar surface area (TPSA) is 86.2 Å². The van der Waals surface area contributed by atoms with Crippen LogP contribution >= 0.6 is 11.3 Å². The Hall–Kier alpha value is -2.61. The van der Waals surface area contributed by atoms with Gasteiger partial charge in [-0.3, -0.25) is 10.1 Å². The summed E-state index contributed by atoms with van der Waals surface area (Å²) < 4.78 is 0. The lowest BCUT2D eigenvalue weighted by Gasteiger charge is -1.91. The van der Waals surface area contributed by atoms with E-state index in [0.29, 0.717) is 4.88 Å². The van der Waals surface area contributed by atoms with Gasteiger partial charge >= 0.3 is 5.00 Å². The molecule has 0 aliphatic heterocycles. The van der Waals surface area contributed by atoms with Crippen molar-refractivity contribution >= 4 is 33.6 Å². The Morgan fingerprint density at radius 2 is 2.16 bits per heavy atom. The Labute approximate surface area is 110 Å². The summed E-state index contributed by atoms with van der Waals surface area (Å²) in [6.45, 7) is 0. The number of benzene rings is 1. The SMILES string of the molecule is O=[N+]([O-])c1ccc(/C=N/n2nnc3ccccc32)s1. The molecule has 0 saturated heterocycles. The van der Waals surface area contributed by atoms with Crippen LogP contribution in [0.15, 0.2) is 41.5 Å². The largest absolute Gasteiger partial charge is 0.324 e. The molecule has 0 aliphatic rings. The highest BCUT2D eigenvalue weighted by Gasteiger charge is 2.08. The van der Waals surface area contributed by atoms with Crippen LogP contribution in [0.25, 0.3) is 11.0 Å². The summed E-state index contributed by atoms with van der Waals surface area (Å²) in [6, 6.07) is 10.5. The van der Waals surface area contributed by atoms with E-state index in [4.69, 9.17) is 0 Å². The molecule has 0 spiro atoms. The Bertz CT molecular complexity index is 776. The first-order chi connectivity index (χ1) is 9.24. The highest BCUT2D eigenvalue weighted by Crippen LogP contribution is 2.22. The van der Waals surface area contributed by atoms with Crippen LogP contribution in [0.4, 0.5) is 5.00 Å². The number of hydrogen-bond donors (Lipinski definition) is 0. The van der Waals surface area contributed by atoms with Crippen molar-refractivity contribution in [2.24, 2.45) is 5.10 Å². The third-order valence-electron chi connectivity index (χ3n) is 2.42. The number of thiophene rings is 1. The highest BCUT2D eigenvalue weighted by atomic mass is 32.1. The number of rotatable bonds is 3. The minimum atomic E-state index is -0.424. The molecule has 2 heterocycles. The molecule has 0 fully saturated rings. The van der Waals surface area contributed by atoms with Crippen LogP contribution in [0, 0.1) is 10.1 Å². The van der Waals surface area contributed by atoms with Crippen LogP contribution in [0.3, 0.4) is 0 Å². The van der Waals surface area contributed by atoms with E-state index in [9.17, 15) is 10.1 Å². The molecule has 3 aromatic rings. The van der Waals surface area contributed by atoms with E-state index >= 15 is 0 Å². The molecular formula is C11H7N5O2S. The Morgan fingerprint density at radius 3 is 2.95 bits per heavy atom. The zero-order valence-corrected chi connectivity index (χ0v) is 10.3. The molecule has 0 aliphatic carbocycles. The smallest absolute Gasteiger partial charge is 0.258 e. The van der Waals surface area contributed by atoms with Crippen molar-refractivity contribution in [3.8, 4) is 0 Å². The lowest BCUT2D eigenvalue weighted by atomic mass is 10.3. The van der Waals surface area contributed by atoms with Gasteiger partial charge in [0.2, 0.25) is 0 Å². The fraction of sp³-hybridized carbons (Fsp3) is 0. The molecular weight excluding hydrogens is 266 g/mol. The van der Waals surface area contributed by atoms with Gasteiger partial charge in [0.05, 0.1) is 16.0 Å². The molecule has 3 rings (SSSR count). The van der Waals surface area contributed by atoms with Gasteiger partial charge in [0, 0.05) is 6.07 Å². The molecule has 0 atom stereocenters. The number of nitro groups is 1. The maximum atomic E-state index is 10.6. The fourth-order valence-corrected chi connectivity index (χ4v) is 2.25.